The number of nitrogens with zero attached hydrogens (tertiary/aromatic N) is 1. The maximum atomic E-state index is 12.8. The molecule has 1 saturated heterocycles. The standard InChI is InChI=1S/C27H31NO12/c1-12(23(32)33)38-24(34)13(2)37-19(31)11-16(30)25(35)39-17-6-7-27(36)18-10-14-4-5-15(29)21-20(14)26(27,22(17)40-21)8-9-28(18)3/h4-6,12-13,16,18,22,29-30,36H,7-11H2,1-3H3,(H,32,33)/t12-,13-,16-,18+,22-,26-,27+/m0/s1. The minimum absolute atomic E-state index is 0.0495. The van der Waals surface area contributed by atoms with E-state index in [9.17, 15) is 34.5 Å². The number of likely N-dealkylation sites (tertiary alicyclic amines) is 1. The Balaban J connectivity index is 1.30. The number of benzene rings is 1. The van der Waals surface area contributed by atoms with E-state index in [0.717, 1.165) is 19.4 Å². The predicted octanol–water partition coefficient (Wildman–Crippen LogP) is -0.0879. The number of carbonyl (C=O) groups excluding carboxylic acids is 3. The van der Waals surface area contributed by atoms with Crippen LogP contribution in [0.4, 0.5) is 0 Å². The zero-order valence-electron chi connectivity index (χ0n) is 22.2. The fourth-order valence-corrected chi connectivity index (χ4v) is 6.48. The van der Waals surface area contributed by atoms with Gasteiger partial charge in [0, 0.05) is 18.0 Å². The zero-order valence-corrected chi connectivity index (χ0v) is 22.2. The third kappa shape index (κ3) is 4.11. The fourth-order valence-electron chi connectivity index (χ4n) is 6.48. The number of hydrogen-bond donors (Lipinski definition) is 4. The van der Waals surface area contributed by atoms with Crippen molar-refractivity contribution in [2.45, 2.75) is 81.0 Å². The number of phenolic OH excluding ortho intramolecular Hbond substituents is 1. The lowest BCUT2D eigenvalue weighted by molar-refractivity contribution is -0.177. The summed E-state index contributed by atoms with van der Waals surface area (Å²) in [6.07, 6.45) is -4.03. The van der Waals surface area contributed by atoms with Gasteiger partial charge < -0.3 is 44.3 Å². The highest BCUT2D eigenvalue weighted by atomic mass is 16.6. The number of aliphatic carboxylic acids is 1. The quantitative estimate of drug-likeness (QED) is 0.244. The monoisotopic (exact) mass is 561 g/mol. The number of carbonyl (C=O) groups is 4. The first kappa shape index (κ1) is 27.9. The number of carboxylic acid groups (broad SMARTS) is 1. The van der Waals surface area contributed by atoms with Crippen LogP contribution in [0.25, 0.3) is 0 Å². The number of phenols is 1. The molecular formula is C27H31NO12. The molecule has 4 aliphatic rings. The van der Waals surface area contributed by atoms with Gasteiger partial charge in [-0.25, -0.2) is 14.4 Å². The molecule has 1 aromatic rings. The summed E-state index contributed by atoms with van der Waals surface area (Å²) >= 11 is 0. The molecule has 1 spiro atoms. The van der Waals surface area contributed by atoms with Crippen LogP contribution >= 0.6 is 0 Å². The minimum Gasteiger partial charge on any atom is -0.504 e. The topological polar surface area (TPSA) is 189 Å². The van der Waals surface area contributed by atoms with E-state index in [4.69, 9.17) is 19.3 Å². The smallest absolute Gasteiger partial charge is 0.347 e. The van der Waals surface area contributed by atoms with Gasteiger partial charge in [-0.1, -0.05) is 6.07 Å². The van der Waals surface area contributed by atoms with E-state index in [1.165, 1.54) is 12.1 Å². The Morgan fingerprint density at radius 2 is 1.88 bits per heavy atom. The van der Waals surface area contributed by atoms with Crippen molar-refractivity contribution in [3.05, 3.63) is 35.1 Å². The molecule has 0 amide bonds. The number of piperidine rings is 1. The van der Waals surface area contributed by atoms with Crippen LogP contribution in [0.1, 0.15) is 44.2 Å². The Morgan fingerprint density at radius 1 is 1.15 bits per heavy atom. The first-order valence-electron chi connectivity index (χ1n) is 13.0. The molecule has 2 aliphatic heterocycles. The Morgan fingerprint density at radius 3 is 2.58 bits per heavy atom. The summed E-state index contributed by atoms with van der Waals surface area (Å²) in [6, 6.07) is 3.11. The number of carboxylic acids is 1. The van der Waals surface area contributed by atoms with Gasteiger partial charge in [-0.05, 0) is 58.0 Å². The van der Waals surface area contributed by atoms with Crippen LogP contribution in [0.5, 0.6) is 11.5 Å². The Kier molecular flexibility index (Phi) is 6.79. The first-order valence-corrected chi connectivity index (χ1v) is 13.0. The fraction of sp³-hybridized carbons (Fsp3) is 0.556. The van der Waals surface area contributed by atoms with Crippen molar-refractivity contribution >= 4 is 23.9 Å². The van der Waals surface area contributed by atoms with Crippen LogP contribution in [0.2, 0.25) is 0 Å². The zero-order chi connectivity index (χ0) is 29.1. The number of aliphatic hydroxyl groups excluding tert-OH is 1. The number of aliphatic hydroxyl groups is 2. The van der Waals surface area contributed by atoms with Gasteiger partial charge in [-0.15, -0.1) is 0 Å². The Hall–Kier alpha value is -3.68. The molecule has 216 valence electrons. The molecule has 40 heavy (non-hydrogen) atoms. The van der Waals surface area contributed by atoms with Gasteiger partial charge in [-0.3, -0.25) is 4.79 Å². The van der Waals surface area contributed by atoms with Crippen molar-refractivity contribution < 1.29 is 58.6 Å². The summed E-state index contributed by atoms with van der Waals surface area (Å²) in [5.74, 6) is -4.60. The van der Waals surface area contributed by atoms with Gasteiger partial charge in [0.15, 0.2) is 35.9 Å². The van der Waals surface area contributed by atoms with Crippen molar-refractivity contribution in [3.63, 3.8) is 0 Å². The van der Waals surface area contributed by atoms with Crippen molar-refractivity contribution in [3.8, 4) is 11.5 Å². The van der Waals surface area contributed by atoms with Gasteiger partial charge in [0.05, 0.1) is 17.4 Å². The molecule has 0 radical (unpaired) electrons. The molecule has 0 saturated carbocycles. The normalized spacial score (nSPS) is 30.1. The van der Waals surface area contributed by atoms with E-state index < -0.39 is 65.7 Å². The summed E-state index contributed by atoms with van der Waals surface area (Å²) in [5.41, 5.74) is -0.633. The lowest BCUT2D eigenvalue weighted by atomic mass is 9.50. The van der Waals surface area contributed by atoms with E-state index in [2.05, 4.69) is 9.64 Å². The highest BCUT2D eigenvalue weighted by molar-refractivity contribution is 5.85. The Labute approximate surface area is 228 Å². The van der Waals surface area contributed by atoms with E-state index in [1.54, 1.807) is 0 Å². The molecule has 1 fully saturated rings. The summed E-state index contributed by atoms with van der Waals surface area (Å²) in [6.45, 7) is 2.91. The van der Waals surface area contributed by atoms with Crippen LogP contribution in [0, 0.1) is 0 Å². The van der Waals surface area contributed by atoms with Crippen LogP contribution < -0.4 is 4.74 Å². The van der Waals surface area contributed by atoms with E-state index in [-0.39, 0.29) is 29.7 Å². The molecule has 7 atom stereocenters. The highest BCUT2D eigenvalue weighted by Gasteiger charge is 2.72. The SMILES string of the molecule is C[C@H](OC(=O)[C@H](C)OC(=O)C[C@H](O)C(=O)OC1=CC[C@@]2(O)[C@H]3Cc4ccc(O)c5c4[C@@]2(CCN3C)[C@H]1O5)C(=O)O. The summed E-state index contributed by atoms with van der Waals surface area (Å²) in [5, 5.41) is 41.9. The molecule has 2 heterocycles. The molecular weight excluding hydrogens is 530 g/mol. The number of likely N-dealkylation sites (N-methyl/N-ethyl adjacent to an activating group) is 1. The number of ether oxygens (including phenoxy) is 4. The Bertz CT molecular complexity index is 1310. The maximum Gasteiger partial charge on any atom is 0.347 e. The molecule has 4 N–H and O–H groups in total. The summed E-state index contributed by atoms with van der Waals surface area (Å²) in [4.78, 5) is 49.9. The van der Waals surface area contributed by atoms with Crippen molar-refractivity contribution in [2.75, 3.05) is 13.6 Å². The molecule has 2 aliphatic carbocycles. The van der Waals surface area contributed by atoms with Gasteiger partial charge >= 0.3 is 23.9 Å². The largest absolute Gasteiger partial charge is 0.504 e. The van der Waals surface area contributed by atoms with Crippen LogP contribution in [0.3, 0.4) is 0 Å². The molecule has 5 rings (SSSR count). The third-order valence-electron chi connectivity index (χ3n) is 8.48. The lowest BCUT2D eigenvalue weighted by Crippen LogP contribution is -2.74. The van der Waals surface area contributed by atoms with Crippen LogP contribution in [-0.4, -0.2) is 98.9 Å². The van der Waals surface area contributed by atoms with Crippen molar-refractivity contribution in [1.29, 1.82) is 0 Å². The average molecular weight is 562 g/mol. The number of esters is 3. The molecule has 13 nitrogen and oxygen atoms in total. The second kappa shape index (κ2) is 9.75. The first-order chi connectivity index (χ1) is 18.8. The minimum atomic E-state index is -1.96. The number of aromatic hydroxyl groups is 1. The maximum absolute atomic E-state index is 12.8. The molecule has 13 heteroatoms. The number of hydrogen-bond acceptors (Lipinski definition) is 12. The van der Waals surface area contributed by atoms with Gasteiger partial charge in [0.25, 0.3) is 0 Å². The van der Waals surface area contributed by atoms with Crippen LogP contribution in [-0.2, 0) is 45.2 Å². The van der Waals surface area contributed by atoms with E-state index in [1.807, 2.05) is 13.1 Å². The third-order valence-corrected chi connectivity index (χ3v) is 8.48. The summed E-state index contributed by atoms with van der Waals surface area (Å²) in [7, 11) is 1.94. The van der Waals surface area contributed by atoms with Crippen molar-refractivity contribution in [2.24, 2.45) is 0 Å². The number of rotatable bonds is 8. The molecule has 0 unspecified atom stereocenters. The van der Waals surface area contributed by atoms with Gasteiger partial charge in [0.2, 0.25) is 0 Å². The average Bonchev–Trinajstić information content (AvgIpc) is 3.25. The van der Waals surface area contributed by atoms with E-state index in [0.29, 0.717) is 24.9 Å². The molecule has 1 aromatic carbocycles. The second-order valence-electron chi connectivity index (χ2n) is 10.8. The van der Waals surface area contributed by atoms with Crippen LogP contribution in [0.15, 0.2) is 24.0 Å². The van der Waals surface area contributed by atoms with Crippen molar-refractivity contribution in [1.82, 2.24) is 4.90 Å². The van der Waals surface area contributed by atoms with Gasteiger partial charge in [-0.2, -0.15) is 0 Å². The predicted molar refractivity (Wildman–Crippen MR) is 132 cm³/mol. The molecule has 2 bridgehead atoms. The van der Waals surface area contributed by atoms with E-state index >= 15 is 0 Å². The van der Waals surface area contributed by atoms with Gasteiger partial charge in [0.1, 0.15) is 5.76 Å². The highest BCUT2D eigenvalue weighted by Crippen LogP contribution is 2.65. The second-order valence-corrected chi connectivity index (χ2v) is 10.8. The molecule has 0 aromatic heterocycles. The lowest BCUT2D eigenvalue weighted by Gasteiger charge is -2.61. The summed E-state index contributed by atoms with van der Waals surface area (Å²) < 4.78 is 21.2.